The number of nitrogens with zero attached hydrogens (tertiary/aromatic N) is 3. The second-order valence-corrected chi connectivity index (χ2v) is 8.44. The van der Waals surface area contributed by atoms with Crippen molar-refractivity contribution in [1.29, 1.82) is 0 Å². The normalized spacial score (nSPS) is 11.0. The Hall–Kier alpha value is -2.76. The minimum Gasteiger partial charge on any atom is -0.283 e. The average Bonchev–Trinajstić information content (AvgIpc) is 3.14. The summed E-state index contributed by atoms with van der Waals surface area (Å²) in [6.07, 6.45) is 3.79. The van der Waals surface area contributed by atoms with Gasteiger partial charge in [0.05, 0.1) is 22.7 Å². The predicted octanol–water partition coefficient (Wildman–Crippen LogP) is 5.74. The lowest BCUT2D eigenvalue weighted by atomic mass is 10.0. The van der Waals surface area contributed by atoms with Gasteiger partial charge in [-0.25, -0.2) is 4.98 Å². The van der Waals surface area contributed by atoms with Crippen LogP contribution in [0.25, 0.3) is 10.2 Å². The number of amides is 1. The van der Waals surface area contributed by atoms with Crippen molar-refractivity contribution < 1.29 is 4.79 Å². The molecule has 0 N–H and O–H groups in total. The fourth-order valence-electron chi connectivity index (χ4n) is 3.25. The number of benzene rings is 2. The molecule has 0 saturated carbocycles. The van der Waals surface area contributed by atoms with Crippen LogP contribution in [0, 0.1) is 13.8 Å². The number of para-hydroxylation sites is 1. The molecule has 0 aliphatic carbocycles. The van der Waals surface area contributed by atoms with Crippen molar-refractivity contribution in [3.05, 3.63) is 88.2 Å². The summed E-state index contributed by atoms with van der Waals surface area (Å²) >= 11 is 7.79. The van der Waals surface area contributed by atoms with Gasteiger partial charge in [0.25, 0.3) is 0 Å². The molecule has 2 heterocycles. The van der Waals surface area contributed by atoms with E-state index in [1.807, 2.05) is 49.4 Å². The monoisotopic (exact) mass is 421 g/mol. The number of anilines is 1. The number of pyridine rings is 1. The molecule has 2 aromatic carbocycles. The highest BCUT2D eigenvalue weighted by molar-refractivity contribution is 7.22. The van der Waals surface area contributed by atoms with Gasteiger partial charge in [-0.2, -0.15) is 0 Å². The summed E-state index contributed by atoms with van der Waals surface area (Å²) in [6.45, 7) is 4.53. The molecule has 4 rings (SSSR count). The van der Waals surface area contributed by atoms with E-state index >= 15 is 0 Å². The molecule has 6 heteroatoms. The number of hydrogen-bond acceptors (Lipinski definition) is 4. The molecule has 0 aliphatic heterocycles. The number of fused-ring (bicyclic) bond motifs is 1. The quantitative estimate of drug-likeness (QED) is 0.413. The van der Waals surface area contributed by atoms with Crippen LogP contribution in [0.2, 0.25) is 5.02 Å². The molecule has 0 fully saturated rings. The van der Waals surface area contributed by atoms with Gasteiger partial charge in [-0.3, -0.25) is 14.7 Å². The van der Waals surface area contributed by atoms with Crippen molar-refractivity contribution in [3.63, 3.8) is 0 Å². The van der Waals surface area contributed by atoms with Gasteiger partial charge in [0.2, 0.25) is 5.91 Å². The summed E-state index contributed by atoms with van der Waals surface area (Å²) in [5, 5.41) is 1.25. The Labute approximate surface area is 178 Å². The zero-order valence-electron chi connectivity index (χ0n) is 16.2. The largest absolute Gasteiger partial charge is 0.283 e. The molecule has 0 atom stereocenters. The minimum atomic E-state index is 0.00365. The highest BCUT2D eigenvalue weighted by Gasteiger charge is 2.21. The summed E-state index contributed by atoms with van der Waals surface area (Å²) in [6, 6.07) is 15.7. The van der Waals surface area contributed by atoms with E-state index in [0.717, 1.165) is 26.9 Å². The summed E-state index contributed by atoms with van der Waals surface area (Å²) in [5.74, 6) is 0.00365. The number of carbonyl (C=O) groups excluding carboxylic acids is 1. The van der Waals surface area contributed by atoms with Crippen LogP contribution in [0.1, 0.15) is 22.3 Å². The van der Waals surface area contributed by atoms with E-state index in [2.05, 4.69) is 23.0 Å². The minimum absolute atomic E-state index is 0.00365. The number of carbonyl (C=O) groups is 1. The van der Waals surface area contributed by atoms with Gasteiger partial charge in [-0.05, 0) is 54.8 Å². The summed E-state index contributed by atoms with van der Waals surface area (Å²) < 4.78 is 0.964. The molecule has 0 bridgehead atoms. The molecule has 4 nitrogen and oxygen atoms in total. The van der Waals surface area contributed by atoms with Crippen LogP contribution in [0.4, 0.5) is 5.13 Å². The lowest BCUT2D eigenvalue weighted by Gasteiger charge is -2.20. The smallest absolute Gasteiger partial charge is 0.233 e. The maximum Gasteiger partial charge on any atom is 0.233 e. The van der Waals surface area contributed by atoms with Crippen LogP contribution >= 0.6 is 22.9 Å². The molecule has 0 saturated heterocycles. The van der Waals surface area contributed by atoms with Gasteiger partial charge >= 0.3 is 0 Å². The second-order valence-electron chi connectivity index (χ2n) is 7.03. The summed E-state index contributed by atoms with van der Waals surface area (Å²) in [5.41, 5.74) is 5.06. The van der Waals surface area contributed by atoms with Gasteiger partial charge in [-0.1, -0.05) is 52.8 Å². The van der Waals surface area contributed by atoms with Gasteiger partial charge in [0.15, 0.2) is 5.13 Å². The Balaban J connectivity index is 1.70. The van der Waals surface area contributed by atoms with E-state index in [9.17, 15) is 4.79 Å². The van der Waals surface area contributed by atoms with E-state index < -0.39 is 0 Å². The van der Waals surface area contributed by atoms with Crippen molar-refractivity contribution in [1.82, 2.24) is 9.97 Å². The molecule has 29 heavy (non-hydrogen) atoms. The standard InChI is InChI=1S/C23H20ClN3OS/c1-15-6-7-18(16(2)12-15)13-21(28)27(14-17-8-10-25-11-9-17)23-26-22-19(24)4-3-5-20(22)29-23/h3-12H,13-14H2,1-2H3. The van der Waals surface area contributed by atoms with Crippen LogP contribution in [-0.4, -0.2) is 15.9 Å². The first kappa shape index (κ1) is 19.6. The van der Waals surface area contributed by atoms with Crippen molar-refractivity contribution in [3.8, 4) is 0 Å². The Morgan fingerprint density at radius 2 is 1.90 bits per heavy atom. The SMILES string of the molecule is Cc1ccc(CC(=O)N(Cc2ccncc2)c2nc3c(Cl)cccc3s2)c(C)c1. The van der Waals surface area contributed by atoms with Crippen LogP contribution in [0.15, 0.2) is 60.9 Å². The van der Waals surface area contributed by atoms with Crippen LogP contribution in [-0.2, 0) is 17.8 Å². The number of aromatic nitrogens is 2. The molecule has 0 aliphatic rings. The van der Waals surface area contributed by atoms with Crippen molar-refractivity contribution >= 4 is 44.2 Å². The number of aryl methyl sites for hydroxylation is 2. The second kappa shape index (κ2) is 8.31. The molecule has 146 valence electrons. The molecule has 2 aromatic heterocycles. The van der Waals surface area contributed by atoms with Crippen LogP contribution < -0.4 is 4.90 Å². The van der Waals surface area contributed by atoms with Gasteiger partial charge in [0, 0.05) is 12.4 Å². The third-order valence-electron chi connectivity index (χ3n) is 4.82. The van der Waals surface area contributed by atoms with Gasteiger partial charge in [-0.15, -0.1) is 0 Å². The molecule has 0 spiro atoms. The molecular weight excluding hydrogens is 402 g/mol. The highest BCUT2D eigenvalue weighted by atomic mass is 35.5. The highest BCUT2D eigenvalue weighted by Crippen LogP contribution is 2.33. The first-order valence-corrected chi connectivity index (χ1v) is 10.5. The Kier molecular flexibility index (Phi) is 5.60. The number of thiazole rings is 1. The van der Waals surface area contributed by atoms with Crippen molar-refractivity contribution in [2.75, 3.05) is 4.90 Å². The Morgan fingerprint density at radius 1 is 1.10 bits per heavy atom. The maximum atomic E-state index is 13.4. The molecule has 4 aromatic rings. The van der Waals surface area contributed by atoms with Crippen LogP contribution in [0.5, 0.6) is 0 Å². The topological polar surface area (TPSA) is 46.1 Å². The molecule has 0 radical (unpaired) electrons. The van der Waals surface area contributed by atoms with E-state index in [0.29, 0.717) is 23.1 Å². The third-order valence-corrected chi connectivity index (χ3v) is 6.17. The first-order valence-electron chi connectivity index (χ1n) is 9.32. The molecule has 0 unspecified atom stereocenters. The Bertz CT molecular complexity index is 1170. The third kappa shape index (κ3) is 4.31. The fraction of sp³-hybridized carbons (Fsp3) is 0.174. The predicted molar refractivity (Wildman–Crippen MR) is 120 cm³/mol. The maximum absolute atomic E-state index is 13.4. The zero-order chi connectivity index (χ0) is 20.4. The van der Waals surface area contributed by atoms with E-state index in [-0.39, 0.29) is 5.91 Å². The lowest BCUT2D eigenvalue weighted by molar-refractivity contribution is -0.118. The number of halogens is 1. The molecule has 1 amide bonds. The first-order chi connectivity index (χ1) is 14.0. The fourth-order valence-corrected chi connectivity index (χ4v) is 4.54. The van der Waals surface area contributed by atoms with E-state index in [4.69, 9.17) is 11.6 Å². The molecular formula is C23H20ClN3OS. The number of rotatable bonds is 5. The average molecular weight is 422 g/mol. The van der Waals surface area contributed by atoms with E-state index in [1.165, 1.54) is 16.9 Å². The van der Waals surface area contributed by atoms with Crippen molar-refractivity contribution in [2.45, 2.75) is 26.8 Å². The lowest BCUT2D eigenvalue weighted by Crippen LogP contribution is -2.32. The Morgan fingerprint density at radius 3 is 2.62 bits per heavy atom. The van der Waals surface area contributed by atoms with Gasteiger partial charge < -0.3 is 0 Å². The zero-order valence-corrected chi connectivity index (χ0v) is 17.8. The summed E-state index contributed by atoms with van der Waals surface area (Å²) in [4.78, 5) is 23.9. The van der Waals surface area contributed by atoms with Crippen LogP contribution in [0.3, 0.4) is 0 Å². The number of hydrogen-bond donors (Lipinski definition) is 0. The summed E-state index contributed by atoms with van der Waals surface area (Å²) in [7, 11) is 0. The van der Waals surface area contributed by atoms with Crippen molar-refractivity contribution in [2.24, 2.45) is 0 Å². The van der Waals surface area contributed by atoms with E-state index in [1.54, 1.807) is 17.3 Å². The van der Waals surface area contributed by atoms with Gasteiger partial charge in [0.1, 0.15) is 5.52 Å².